The minimum Gasteiger partial charge on any atom is -0.385 e. The number of methoxy groups -OCH3 is 1. The lowest BCUT2D eigenvalue weighted by Crippen LogP contribution is -2.53. The molecule has 3 heterocycles. The predicted octanol–water partition coefficient (Wildman–Crippen LogP) is 4.62. The van der Waals surface area contributed by atoms with Crippen LogP contribution < -0.4 is 10.6 Å². The highest BCUT2D eigenvalue weighted by Crippen LogP contribution is 2.40. The number of aryl methyl sites for hydroxylation is 1. The minimum absolute atomic E-state index is 0. The summed E-state index contributed by atoms with van der Waals surface area (Å²) in [5.41, 5.74) is 1.87. The molecule has 0 aliphatic carbocycles. The van der Waals surface area contributed by atoms with Crippen LogP contribution in [-0.4, -0.2) is 50.1 Å². The number of piperazine rings is 1. The van der Waals surface area contributed by atoms with Crippen molar-refractivity contribution in [2.24, 2.45) is 4.99 Å². The molecular formula is C19H24Cl2F2N4OS. The maximum atomic E-state index is 13.8. The first-order valence-electron chi connectivity index (χ1n) is 8.98. The molecule has 10 heteroatoms. The number of anilines is 2. The van der Waals surface area contributed by atoms with Gasteiger partial charge in [-0.1, -0.05) is 0 Å². The number of hydrogen-bond donors (Lipinski definition) is 2. The van der Waals surface area contributed by atoms with E-state index in [1.165, 1.54) is 6.07 Å². The van der Waals surface area contributed by atoms with Gasteiger partial charge in [0.25, 0.3) is 0 Å². The van der Waals surface area contributed by atoms with Crippen LogP contribution >= 0.6 is 36.2 Å². The van der Waals surface area contributed by atoms with E-state index in [0.717, 1.165) is 53.4 Å². The van der Waals surface area contributed by atoms with Gasteiger partial charge in [-0.2, -0.15) is 0 Å². The number of thiophene rings is 1. The molecule has 1 atom stereocenters. The molecule has 1 fully saturated rings. The molecule has 1 aromatic heterocycles. The summed E-state index contributed by atoms with van der Waals surface area (Å²) in [5, 5.41) is 7.65. The zero-order valence-corrected chi connectivity index (χ0v) is 18.6. The first-order chi connectivity index (χ1) is 13.0. The van der Waals surface area contributed by atoms with Crippen LogP contribution in [0.3, 0.4) is 0 Å². The molecule has 0 unspecified atom stereocenters. The van der Waals surface area contributed by atoms with Crippen LogP contribution in [0.25, 0.3) is 0 Å². The maximum Gasteiger partial charge on any atom is 0.161 e. The lowest BCUT2D eigenvalue weighted by Gasteiger charge is -2.35. The summed E-state index contributed by atoms with van der Waals surface area (Å²) in [7, 11) is 1.70. The van der Waals surface area contributed by atoms with Crippen LogP contribution in [0.5, 0.6) is 0 Å². The Kier molecular flexibility index (Phi) is 8.25. The average molecular weight is 465 g/mol. The second kappa shape index (κ2) is 10.0. The number of aliphatic imine (C=N–C) groups is 1. The number of halogens is 4. The molecule has 2 aliphatic heterocycles. The highest BCUT2D eigenvalue weighted by atomic mass is 35.5. The second-order valence-corrected chi connectivity index (χ2v) is 8.08. The van der Waals surface area contributed by atoms with Gasteiger partial charge in [-0.05, 0) is 19.4 Å². The topological polar surface area (TPSA) is 48.9 Å². The average Bonchev–Trinajstić information content (AvgIpc) is 2.95. The predicted molar refractivity (Wildman–Crippen MR) is 119 cm³/mol. The maximum absolute atomic E-state index is 13.8. The molecule has 0 spiro atoms. The van der Waals surface area contributed by atoms with Gasteiger partial charge in [0.1, 0.15) is 10.8 Å². The van der Waals surface area contributed by atoms with Crippen LogP contribution in [0.2, 0.25) is 0 Å². The number of nitrogens with zero attached hydrogens (tertiary/aromatic N) is 2. The molecule has 0 amide bonds. The van der Waals surface area contributed by atoms with Gasteiger partial charge in [0.05, 0.1) is 16.9 Å². The van der Waals surface area contributed by atoms with Crippen molar-refractivity contribution in [1.29, 1.82) is 0 Å². The molecule has 2 N–H and O–H groups in total. The Balaban J connectivity index is 0.00000150. The van der Waals surface area contributed by atoms with Crippen LogP contribution in [0.1, 0.15) is 16.9 Å². The molecule has 2 aliphatic rings. The zero-order chi connectivity index (χ0) is 19.0. The lowest BCUT2D eigenvalue weighted by molar-refractivity contribution is 0.168. The zero-order valence-electron chi connectivity index (χ0n) is 16.1. The van der Waals surface area contributed by atoms with E-state index in [0.29, 0.717) is 24.0 Å². The summed E-state index contributed by atoms with van der Waals surface area (Å²) < 4.78 is 32.8. The van der Waals surface area contributed by atoms with E-state index in [-0.39, 0.29) is 24.8 Å². The molecule has 0 radical (unpaired) electrons. The van der Waals surface area contributed by atoms with E-state index >= 15 is 0 Å². The van der Waals surface area contributed by atoms with Crippen molar-refractivity contribution in [3.63, 3.8) is 0 Å². The lowest BCUT2D eigenvalue weighted by atomic mass is 10.1. The number of fused-ring (bicyclic) bond motifs is 2. The van der Waals surface area contributed by atoms with Crippen molar-refractivity contribution in [2.45, 2.75) is 19.4 Å². The fraction of sp³-hybridized carbons (Fsp3) is 0.421. The van der Waals surface area contributed by atoms with Gasteiger partial charge in [-0.15, -0.1) is 36.2 Å². The molecule has 4 rings (SSSR count). The Morgan fingerprint density at radius 3 is 2.76 bits per heavy atom. The number of ether oxygens (including phenoxy) is 1. The third kappa shape index (κ3) is 5.00. The molecule has 0 saturated carbocycles. The van der Waals surface area contributed by atoms with Crippen LogP contribution in [0.15, 0.2) is 23.2 Å². The number of rotatable bonds is 3. The molecule has 0 bridgehead atoms. The van der Waals surface area contributed by atoms with Crippen molar-refractivity contribution in [2.75, 3.05) is 38.7 Å². The smallest absolute Gasteiger partial charge is 0.161 e. The molecule has 29 heavy (non-hydrogen) atoms. The Labute approximate surface area is 185 Å². The van der Waals surface area contributed by atoms with E-state index in [2.05, 4.69) is 21.6 Å². The monoisotopic (exact) mass is 464 g/mol. The summed E-state index contributed by atoms with van der Waals surface area (Å²) in [5.74, 6) is -0.967. The standard InChI is InChI=1S/C19H22F2N4OS.2ClH/c1-11-7-13-18(25-5-4-22-12(10-25)3-6-26-2)23-16-8-14(20)15(21)9-17(16)24-19(13)27-11;;/h7-9,12,22,24H,3-6,10H2,1-2H3;2*1H/t12-;;/m0../s1. The van der Waals surface area contributed by atoms with E-state index in [1.54, 1.807) is 18.4 Å². The third-order valence-corrected chi connectivity index (χ3v) is 5.80. The van der Waals surface area contributed by atoms with Crippen molar-refractivity contribution < 1.29 is 13.5 Å². The van der Waals surface area contributed by atoms with Gasteiger partial charge < -0.3 is 20.3 Å². The van der Waals surface area contributed by atoms with Gasteiger partial charge in [-0.25, -0.2) is 13.8 Å². The first-order valence-corrected chi connectivity index (χ1v) is 9.79. The molecule has 160 valence electrons. The summed E-state index contributed by atoms with van der Waals surface area (Å²) in [6.45, 7) is 5.15. The SMILES string of the molecule is COCC[C@H]1CN(C2=Nc3cc(F)c(F)cc3Nc3sc(C)cc32)CCN1.Cl.Cl. The van der Waals surface area contributed by atoms with Crippen molar-refractivity contribution in [3.8, 4) is 0 Å². The van der Waals surface area contributed by atoms with Crippen molar-refractivity contribution in [3.05, 3.63) is 40.3 Å². The summed E-state index contributed by atoms with van der Waals surface area (Å²) in [6, 6.07) is 4.71. The summed E-state index contributed by atoms with van der Waals surface area (Å²) in [6.07, 6.45) is 0.907. The highest BCUT2D eigenvalue weighted by Gasteiger charge is 2.28. The van der Waals surface area contributed by atoms with Gasteiger partial charge in [0.2, 0.25) is 0 Å². The molecule has 2 aromatic rings. The van der Waals surface area contributed by atoms with Crippen molar-refractivity contribution >= 4 is 58.4 Å². The molecule has 5 nitrogen and oxygen atoms in total. The molecule has 1 saturated heterocycles. The largest absolute Gasteiger partial charge is 0.385 e. The number of benzene rings is 1. The number of amidine groups is 1. The second-order valence-electron chi connectivity index (χ2n) is 6.82. The Morgan fingerprint density at radius 2 is 2.00 bits per heavy atom. The van der Waals surface area contributed by atoms with Gasteiger partial charge in [0.15, 0.2) is 11.6 Å². The van der Waals surface area contributed by atoms with E-state index in [4.69, 9.17) is 9.73 Å². The van der Waals surface area contributed by atoms with Gasteiger partial charge in [0, 0.05) is 56.4 Å². The fourth-order valence-corrected chi connectivity index (χ4v) is 4.43. The normalized spacial score (nSPS) is 17.7. The van der Waals surface area contributed by atoms with Gasteiger partial charge >= 0.3 is 0 Å². The Bertz CT molecular complexity index is 893. The van der Waals surface area contributed by atoms with Gasteiger partial charge in [-0.3, -0.25) is 0 Å². The van der Waals surface area contributed by atoms with Crippen molar-refractivity contribution in [1.82, 2.24) is 10.2 Å². The van der Waals surface area contributed by atoms with Crippen LogP contribution in [-0.2, 0) is 4.74 Å². The van der Waals surface area contributed by atoms with E-state index in [9.17, 15) is 8.78 Å². The highest BCUT2D eigenvalue weighted by molar-refractivity contribution is 7.16. The number of nitrogens with one attached hydrogen (secondary N) is 2. The Morgan fingerprint density at radius 1 is 1.24 bits per heavy atom. The van der Waals surface area contributed by atoms with Crippen LogP contribution in [0, 0.1) is 18.6 Å². The number of hydrogen-bond acceptors (Lipinski definition) is 6. The van der Waals surface area contributed by atoms with E-state index in [1.807, 2.05) is 6.92 Å². The third-order valence-electron chi connectivity index (χ3n) is 4.83. The Hall–Kier alpha value is -1.45. The fourth-order valence-electron chi connectivity index (χ4n) is 3.51. The summed E-state index contributed by atoms with van der Waals surface area (Å²) in [4.78, 5) is 8.11. The quantitative estimate of drug-likeness (QED) is 0.695. The van der Waals surface area contributed by atoms with Crippen LogP contribution in [0.4, 0.5) is 25.2 Å². The molecule has 1 aromatic carbocycles. The minimum atomic E-state index is -0.890. The first kappa shape index (κ1) is 23.8. The van der Waals surface area contributed by atoms with E-state index < -0.39 is 11.6 Å². The summed E-state index contributed by atoms with van der Waals surface area (Å²) >= 11 is 1.59. The molecular weight excluding hydrogens is 441 g/mol.